The van der Waals surface area contributed by atoms with Gasteiger partial charge in [-0.1, -0.05) is 12.2 Å². The van der Waals surface area contributed by atoms with Crippen molar-refractivity contribution in [3.63, 3.8) is 0 Å². The third-order valence-electron chi connectivity index (χ3n) is 3.79. The highest BCUT2D eigenvalue weighted by molar-refractivity contribution is 5.06. The van der Waals surface area contributed by atoms with Gasteiger partial charge in [-0.3, -0.25) is 0 Å². The van der Waals surface area contributed by atoms with Gasteiger partial charge in [-0.25, -0.2) is 0 Å². The van der Waals surface area contributed by atoms with Crippen LogP contribution in [-0.4, -0.2) is 60.1 Å². The molecule has 5 heteroatoms. The molecule has 2 atom stereocenters. The van der Waals surface area contributed by atoms with E-state index in [1.807, 2.05) is 0 Å². The predicted octanol–water partition coefficient (Wildman–Crippen LogP) is 0.256. The average Bonchev–Trinajstić information content (AvgIpc) is 3.23. The highest BCUT2D eigenvalue weighted by Gasteiger charge is 2.53. The van der Waals surface area contributed by atoms with E-state index in [0.717, 1.165) is 0 Å². The molecular weight excluding hydrogens is 248 g/mol. The van der Waals surface area contributed by atoms with E-state index in [-0.39, 0.29) is 32.5 Å². The van der Waals surface area contributed by atoms with Crippen molar-refractivity contribution in [1.29, 1.82) is 0 Å². The first-order valence-electron chi connectivity index (χ1n) is 6.43. The molecule has 1 saturated heterocycles. The van der Waals surface area contributed by atoms with Crippen LogP contribution >= 0.6 is 0 Å². The lowest BCUT2D eigenvalue weighted by Gasteiger charge is -2.47. The Bertz CT molecular complexity index is 288. The van der Waals surface area contributed by atoms with Gasteiger partial charge < -0.3 is 24.8 Å². The van der Waals surface area contributed by atoms with Crippen LogP contribution in [0.1, 0.15) is 12.8 Å². The molecule has 1 aliphatic rings. The number of hydrogen-bond donors (Lipinski definition) is 3. The summed E-state index contributed by atoms with van der Waals surface area (Å²) >= 11 is 0. The standard InChI is InChI=1S/C14H24O5/c1-3-5-14(19-6-4-2,7-12-8-18-12)13(9-15,10-16)11-17/h3-4,12,15-17H,1-2,5-11H2. The first-order valence-corrected chi connectivity index (χ1v) is 6.43. The third-order valence-corrected chi connectivity index (χ3v) is 3.79. The molecule has 0 aromatic carbocycles. The number of hydrogen-bond acceptors (Lipinski definition) is 5. The number of aliphatic hydroxyl groups is 3. The fourth-order valence-corrected chi connectivity index (χ4v) is 2.37. The lowest BCUT2D eigenvalue weighted by molar-refractivity contribution is -0.183. The van der Waals surface area contributed by atoms with Gasteiger partial charge in [-0.05, 0) is 6.42 Å². The number of rotatable bonds is 11. The van der Waals surface area contributed by atoms with E-state index in [1.54, 1.807) is 12.2 Å². The maximum absolute atomic E-state index is 9.67. The van der Waals surface area contributed by atoms with Gasteiger partial charge in [0, 0.05) is 6.42 Å². The molecule has 0 amide bonds. The van der Waals surface area contributed by atoms with E-state index in [9.17, 15) is 15.3 Å². The van der Waals surface area contributed by atoms with Gasteiger partial charge in [0.05, 0.1) is 50.2 Å². The molecule has 1 aliphatic heterocycles. The van der Waals surface area contributed by atoms with Gasteiger partial charge in [-0.15, -0.1) is 13.2 Å². The minimum absolute atomic E-state index is 0.0359. The van der Waals surface area contributed by atoms with Crippen LogP contribution in [0.2, 0.25) is 0 Å². The molecule has 0 spiro atoms. The van der Waals surface area contributed by atoms with E-state index < -0.39 is 11.0 Å². The number of epoxide rings is 1. The largest absolute Gasteiger partial charge is 0.395 e. The molecule has 0 aliphatic carbocycles. The fraction of sp³-hybridized carbons (Fsp3) is 0.714. The molecule has 1 fully saturated rings. The predicted molar refractivity (Wildman–Crippen MR) is 71.7 cm³/mol. The normalized spacial score (nSPS) is 21.7. The summed E-state index contributed by atoms with van der Waals surface area (Å²) in [4.78, 5) is 0. The highest BCUT2D eigenvalue weighted by Crippen LogP contribution is 2.43. The summed E-state index contributed by atoms with van der Waals surface area (Å²) in [6.07, 6.45) is 4.20. The molecule has 0 bridgehead atoms. The van der Waals surface area contributed by atoms with Crippen molar-refractivity contribution >= 4 is 0 Å². The molecule has 0 radical (unpaired) electrons. The molecule has 3 N–H and O–H groups in total. The topological polar surface area (TPSA) is 82.5 Å². The maximum atomic E-state index is 9.67. The molecule has 0 saturated carbocycles. The number of ether oxygens (including phenoxy) is 2. The summed E-state index contributed by atoms with van der Waals surface area (Å²) in [5, 5.41) is 29.0. The first-order chi connectivity index (χ1) is 9.13. The van der Waals surface area contributed by atoms with Crippen molar-refractivity contribution in [2.75, 3.05) is 33.0 Å². The SMILES string of the molecule is C=CCOC(CC=C)(CC1CO1)C(CO)(CO)CO. The van der Waals surface area contributed by atoms with Gasteiger partial charge >= 0.3 is 0 Å². The van der Waals surface area contributed by atoms with E-state index in [0.29, 0.717) is 19.4 Å². The van der Waals surface area contributed by atoms with Gasteiger partial charge in [-0.2, -0.15) is 0 Å². The third kappa shape index (κ3) is 3.43. The zero-order chi connectivity index (χ0) is 14.4. The van der Waals surface area contributed by atoms with Crippen molar-refractivity contribution < 1.29 is 24.8 Å². The molecular formula is C14H24O5. The quantitative estimate of drug-likeness (QED) is 0.371. The second-order valence-electron chi connectivity index (χ2n) is 5.00. The Morgan fingerprint density at radius 2 is 1.74 bits per heavy atom. The molecule has 19 heavy (non-hydrogen) atoms. The molecule has 1 rings (SSSR count). The van der Waals surface area contributed by atoms with Gasteiger partial charge in [0.2, 0.25) is 0 Å². The van der Waals surface area contributed by atoms with Gasteiger partial charge in [0.1, 0.15) is 0 Å². The molecule has 0 aromatic rings. The van der Waals surface area contributed by atoms with Crippen LogP contribution in [0.25, 0.3) is 0 Å². The smallest absolute Gasteiger partial charge is 0.0868 e. The van der Waals surface area contributed by atoms with Crippen LogP contribution in [0.3, 0.4) is 0 Å². The summed E-state index contributed by atoms with van der Waals surface area (Å²) in [6.45, 7) is 7.08. The van der Waals surface area contributed by atoms with Crippen molar-refractivity contribution in [3.8, 4) is 0 Å². The minimum Gasteiger partial charge on any atom is -0.395 e. The zero-order valence-corrected chi connectivity index (χ0v) is 11.3. The summed E-state index contributed by atoms with van der Waals surface area (Å²) in [5.41, 5.74) is -2.06. The van der Waals surface area contributed by atoms with Crippen LogP contribution in [0.15, 0.2) is 25.3 Å². The van der Waals surface area contributed by atoms with Crippen LogP contribution in [0.4, 0.5) is 0 Å². The maximum Gasteiger partial charge on any atom is 0.0868 e. The van der Waals surface area contributed by atoms with Crippen molar-refractivity contribution in [1.82, 2.24) is 0 Å². The Hall–Kier alpha value is -0.720. The average molecular weight is 272 g/mol. The summed E-state index contributed by atoms with van der Waals surface area (Å²) in [7, 11) is 0. The monoisotopic (exact) mass is 272 g/mol. The minimum atomic E-state index is -1.14. The van der Waals surface area contributed by atoms with Crippen molar-refractivity contribution in [2.45, 2.75) is 24.5 Å². The Balaban J connectivity index is 3.07. The highest BCUT2D eigenvalue weighted by atomic mass is 16.6. The van der Waals surface area contributed by atoms with Crippen LogP contribution < -0.4 is 0 Å². The van der Waals surface area contributed by atoms with E-state index in [2.05, 4.69) is 13.2 Å². The summed E-state index contributed by atoms with van der Waals surface area (Å²) in [6, 6.07) is 0. The van der Waals surface area contributed by atoms with Crippen LogP contribution in [0.5, 0.6) is 0 Å². The Kier molecular flexibility index (Phi) is 6.16. The lowest BCUT2D eigenvalue weighted by atomic mass is 9.68. The molecule has 0 aromatic heterocycles. The zero-order valence-electron chi connectivity index (χ0n) is 11.3. The Labute approximate surface area is 114 Å². The second-order valence-corrected chi connectivity index (χ2v) is 5.00. The van der Waals surface area contributed by atoms with E-state index in [4.69, 9.17) is 9.47 Å². The summed E-state index contributed by atoms with van der Waals surface area (Å²) < 4.78 is 11.1. The lowest BCUT2D eigenvalue weighted by Crippen LogP contribution is -2.57. The first kappa shape index (κ1) is 16.3. The van der Waals surface area contributed by atoms with Gasteiger partial charge in [0.15, 0.2) is 0 Å². The van der Waals surface area contributed by atoms with Gasteiger partial charge in [0.25, 0.3) is 0 Å². The molecule has 110 valence electrons. The van der Waals surface area contributed by atoms with Crippen LogP contribution in [-0.2, 0) is 9.47 Å². The second kappa shape index (κ2) is 7.17. The van der Waals surface area contributed by atoms with Crippen LogP contribution in [0, 0.1) is 5.41 Å². The molecule has 1 heterocycles. The Morgan fingerprint density at radius 1 is 1.16 bits per heavy atom. The fourth-order valence-electron chi connectivity index (χ4n) is 2.37. The van der Waals surface area contributed by atoms with Crippen molar-refractivity contribution in [3.05, 3.63) is 25.3 Å². The Morgan fingerprint density at radius 3 is 2.11 bits per heavy atom. The van der Waals surface area contributed by atoms with E-state index in [1.165, 1.54) is 0 Å². The molecule has 5 nitrogen and oxygen atoms in total. The van der Waals surface area contributed by atoms with Crippen molar-refractivity contribution in [2.24, 2.45) is 5.41 Å². The van der Waals surface area contributed by atoms with E-state index >= 15 is 0 Å². The molecule has 2 unspecified atom stereocenters. The number of aliphatic hydroxyl groups excluding tert-OH is 3. The summed E-state index contributed by atoms with van der Waals surface area (Å²) in [5.74, 6) is 0.